The Morgan fingerprint density at radius 3 is 2.87 bits per heavy atom. The maximum absolute atomic E-state index is 5.47. The summed E-state index contributed by atoms with van der Waals surface area (Å²) in [6, 6.07) is 6.91. The molecule has 0 unspecified atom stereocenters. The van der Waals surface area contributed by atoms with Crippen molar-refractivity contribution in [2.24, 2.45) is 0 Å². The van der Waals surface area contributed by atoms with E-state index in [4.69, 9.17) is 4.74 Å². The lowest BCUT2D eigenvalue weighted by atomic mass is 9.95. The van der Waals surface area contributed by atoms with Gasteiger partial charge in [-0.15, -0.1) is 0 Å². The molecule has 0 amide bonds. The van der Waals surface area contributed by atoms with Crippen LogP contribution in [0.3, 0.4) is 0 Å². The number of likely N-dealkylation sites (N-methyl/N-ethyl adjacent to an activating group) is 1. The van der Waals surface area contributed by atoms with Gasteiger partial charge in [-0.2, -0.15) is 0 Å². The van der Waals surface area contributed by atoms with Crippen LogP contribution in [-0.2, 0) is 6.54 Å². The van der Waals surface area contributed by atoms with Crippen molar-refractivity contribution in [3.8, 4) is 5.75 Å². The lowest BCUT2D eigenvalue weighted by Crippen LogP contribution is -3.10. The van der Waals surface area contributed by atoms with Crippen LogP contribution >= 0.6 is 0 Å². The van der Waals surface area contributed by atoms with Gasteiger partial charge >= 0.3 is 0 Å². The molecule has 15 heavy (non-hydrogen) atoms. The van der Waals surface area contributed by atoms with Crippen LogP contribution in [-0.4, -0.2) is 27.7 Å². The standard InChI is InChI=1S/C12H18N2O/c1-14(2)10-8-13-7-9-5-4-6-11(15-3)12(9)10/h4-6,10,13H,7-8H2,1-3H3/p+2/t10-/m1/s1. The van der Waals surface area contributed by atoms with E-state index in [-0.39, 0.29) is 0 Å². The Bertz CT molecular complexity index is 335. The molecule has 0 saturated heterocycles. The molecule has 1 aromatic rings. The van der Waals surface area contributed by atoms with E-state index >= 15 is 0 Å². The van der Waals surface area contributed by atoms with Gasteiger partial charge in [0, 0.05) is 5.56 Å². The van der Waals surface area contributed by atoms with Gasteiger partial charge in [0.15, 0.2) is 6.04 Å². The van der Waals surface area contributed by atoms with Crippen LogP contribution in [0.25, 0.3) is 0 Å². The van der Waals surface area contributed by atoms with Gasteiger partial charge in [0.2, 0.25) is 0 Å². The van der Waals surface area contributed by atoms with Crippen LogP contribution in [0.5, 0.6) is 5.75 Å². The van der Waals surface area contributed by atoms with Gasteiger partial charge in [0.05, 0.1) is 26.8 Å². The monoisotopic (exact) mass is 208 g/mol. The molecule has 0 spiro atoms. The Labute approximate surface area is 91.0 Å². The first-order valence-electron chi connectivity index (χ1n) is 5.51. The lowest BCUT2D eigenvalue weighted by molar-refractivity contribution is -0.912. The summed E-state index contributed by atoms with van der Waals surface area (Å²) in [6.45, 7) is 2.23. The van der Waals surface area contributed by atoms with Gasteiger partial charge in [-0.3, -0.25) is 0 Å². The second-order valence-electron chi connectivity index (χ2n) is 4.39. The minimum absolute atomic E-state index is 0.546. The summed E-state index contributed by atoms with van der Waals surface area (Å²) in [4.78, 5) is 1.47. The molecule has 1 heterocycles. The number of rotatable bonds is 2. The number of quaternary nitrogens is 2. The van der Waals surface area contributed by atoms with Crippen molar-refractivity contribution in [2.45, 2.75) is 12.6 Å². The molecular weight excluding hydrogens is 188 g/mol. The molecule has 3 N–H and O–H groups in total. The van der Waals surface area contributed by atoms with Crippen molar-refractivity contribution in [1.82, 2.24) is 0 Å². The third kappa shape index (κ3) is 1.85. The number of nitrogens with two attached hydrogens (primary N) is 1. The summed E-state index contributed by atoms with van der Waals surface area (Å²) in [6.07, 6.45) is 0. The van der Waals surface area contributed by atoms with Gasteiger partial charge in [0.1, 0.15) is 18.8 Å². The first-order chi connectivity index (χ1) is 7.24. The zero-order chi connectivity index (χ0) is 10.8. The molecule has 1 aromatic carbocycles. The fourth-order valence-electron chi connectivity index (χ4n) is 2.39. The lowest BCUT2D eigenvalue weighted by Gasteiger charge is -2.27. The number of fused-ring (bicyclic) bond motifs is 1. The summed E-state index contributed by atoms with van der Waals surface area (Å²) in [5.41, 5.74) is 2.83. The fourth-order valence-corrected chi connectivity index (χ4v) is 2.39. The molecule has 3 nitrogen and oxygen atoms in total. The summed E-state index contributed by atoms with van der Waals surface area (Å²) in [5.74, 6) is 1.05. The fraction of sp³-hybridized carbons (Fsp3) is 0.500. The Kier molecular flexibility index (Phi) is 2.93. The van der Waals surface area contributed by atoms with Crippen LogP contribution in [0.1, 0.15) is 17.2 Å². The Hall–Kier alpha value is -1.06. The molecule has 1 atom stereocenters. The maximum Gasteiger partial charge on any atom is 0.166 e. The van der Waals surface area contributed by atoms with E-state index in [9.17, 15) is 0 Å². The van der Waals surface area contributed by atoms with Gasteiger partial charge < -0.3 is 15.0 Å². The molecular formula is C12H20N2O+2. The zero-order valence-electron chi connectivity index (χ0n) is 9.71. The molecule has 3 heteroatoms. The van der Waals surface area contributed by atoms with Crippen molar-refractivity contribution in [2.75, 3.05) is 27.7 Å². The van der Waals surface area contributed by atoms with Crippen LogP contribution in [0.4, 0.5) is 0 Å². The minimum atomic E-state index is 0.546. The topological polar surface area (TPSA) is 30.3 Å². The third-order valence-corrected chi connectivity index (χ3v) is 3.19. The normalized spacial score (nSPS) is 20.1. The van der Waals surface area contributed by atoms with Crippen LogP contribution < -0.4 is 15.0 Å². The molecule has 0 radical (unpaired) electrons. The van der Waals surface area contributed by atoms with Crippen LogP contribution in [0.15, 0.2) is 18.2 Å². The molecule has 1 aliphatic heterocycles. The number of hydrogen-bond acceptors (Lipinski definition) is 1. The average molecular weight is 208 g/mol. The smallest absolute Gasteiger partial charge is 0.166 e. The SMILES string of the molecule is COc1cccc2c1[C@H]([NH+](C)C)C[NH2+]C2. The second kappa shape index (κ2) is 4.21. The highest BCUT2D eigenvalue weighted by atomic mass is 16.5. The predicted molar refractivity (Wildman–Crippen MR) is 59.0 cm³/mol. The van der Waals surface area contributed by atoms with Crippen molar-refractivity contribution in [3.05, 3.63) is 29.3 Å². The molecule has 82 valence electrons. The Morgan fingerprint density at radius 1 is 1.40 bits per heavy atom. The molecule has 0 bridgehead atoms. The maximum atomic E-state index is 5.47. The number of benzene rings is 1. The van der Waals surface area contributed by atoms with E-state index < -0.39 is 0 Å². The quantitative estimate of drug-likeness (QED) is 0.639. The van der Waals surface area contributed by atoms with E-state index in [1.54, 1.807) is 7.11 Å². The average Bonchev–Trinajstić information content (AvgIpc) is 2.27. The van der Waals surface area contributed by atoms with Crippen LogP contribution in [0.2, 0.25) is 0 Å². The highest BCUT2D eigenvalue weighted by Crippen LogP contribution is 2.27. The van der Waals surface area contributed by atoms with E-state index in [2.05, 4.69) is 37.6 Å². The molecule has 0 saturated carbocycles. The number of methoxy groups -OCH3 is 1. The second-order valence-corrected chi connectivity index (χ2v) is 4.39. The van der Waals surface area contributed by atoms with E-state index in [0.29, 0.717) is 6.04 Å². The van der Waals surface area contributed by atoms with Crippen LogP contribution in [0, 0.1) is 0 Å². The predicted octanol–water partition coefficient (Wildman–Crippen LogP) is -1.04. The first-order valence-corrected chi connectivity index (χ1v) is 5.51. The zero-order valence-corrected chi connectivity index (χ0v) is 9.71. The molecule has 1 aliphatic rings. The number of hydrogen-bond donors (Lipinski definition) is 2. The largest absolute Gasteiger partial charge is 0.496 e. The minimum Gasteiger partial charge on any atom is -0.496 e. The first kappa shape index (κ1) is 10.5. The van der Waals surface area contributed by atoms with Gasteiger partial charge in [-0.1, -0.05) is 12.1 Å². The summed E-state index contributed by atoms with van der Waals surface area (Å²) < 4.78 is 5.47. The molecule has 0 aliphatic carbocycles. The molecule has 0 fully saturated rings. The number of nitrogens with one attached hydrogen (secondary N) is 1. The molecule has 2 rings (SSSR count). The van der Waals surface area contributed by atoms with Gasteiger partial charge in [0.25, 0.3) is 0 Å². The third-order valence-electron chi connectivity index (χ3n) is 3.19. The highest BCUT2D eigenvalue weighted by molar-refractivity contribution is 5.42. The summed E-state index contributed by atoms with van der Waals surface area (Å²) in [7, 11) is 6.18. The van der Waals surface area contributed by atoms with E-state index in [1.807, 2.05) is 0 Å². The van der Waals surface area contributed by atoms with Gasteiger partial charge in [-0.25, -0.2) is 0 Å². The molecule has 0 aromatic heterocycles. The Balaban J connectivity index is 2.47. The highest BCUT2D eigenvalue weighted by Gasteiger charge is 2.30. The number of ether oxygens (including phenoxy) is 1. The van der Waals surface area contributed by atoms with Crippen molar-refractivity contribution in [1.29, 1.82) is 0 Å². The Morgan fingerprint density at radius 2 is 2.20 bits per heavy atom. The van der Waals surface area contributed by atoms with E-state index in [1.165, 1.54) is 16.0 Å². The summed E-state index contributed by atoms with van der Waals surface area (Å²) >= 11 is 0. The van der Waals surface area contributed by atoms with Crippen molar-refractivity contribution in [3.63, 3.8) is 0 Å². The van der Waals surface area contributed by atoms with Crippen molar-refractivity contribution < 1.29 is 15.0 Å². The van der Waals surface area contributed by atoms with E-state index in [0.717, 1.165) is 18.8 Å². The van der Waals surface area contributed by atoms with Crippen molar-refractivity contribution >= 4 is 0 Å². The van der Waals surface area contributed by atoms with Gasteiger partial charge in [-0.05, 0) is 6.07 Å². The summed E-state index contributed by atoms with van der Waals surface area (Å²) in [5, 5.41) is 2.37.